The summed E-state index contributed by atoms with van der Waals surface area (Å²) in [4.78, 5) is 14.8. The molecule has 0 spiro atoms. The molecule has 2 N–H and O–H groups in total. The minimum atomic E-state index is -0.155. The standard InChI is InChI=1S/C13H22N2O/c14-9-13(6-1-7-13)12(16)15(11-4-5-11)8-10-2-3-10/h10-11H,1-9,14H2. The molecule has 90 valence electrons. The summed E-state index contributed by atoms with van der Waals surface area (Å²) in [6.07, 6.45) is 8.33. The molecular formula is C13H22N2O. The summed E-state index contributed by atoms with van der Waals surface area (Å²) >= 11 is 0. The zero-order valence-corrected chi connectivity index (χ0v) is 9.95. The lowest BCUT2D eigenvalue weighted by Crippen LogP contribution is -2.53. The molecule has 3 aliphatic carbocycles. The van der Waals surface area contributed by atoms with Gasteiger partial charge in [0.05, 0.1) is 5.41 Å². The van der Waals surface area contributed by atoms with Crippen molar-refractivity contribution in [2.45, 2.75) is 51.0 Å². The van der Waals surface area contributed by atoms with Crippen molar-refractivity contribution < 1.29 is 4.79 Å². The summed E-state index contributed by atoms with van der Waals surface area (Å²) in [5.74, 6) is 1.19. The molecule has 0 heterocycles. The second-order valence-corrected chi connectivity index (χ2v) is 5.97. The minimum absolute atomic E-state index is 0.155. The van der Waals surface area contributed by atoms with Gasteiger partial charge in [-0.15, -0.1) is 0 Å². The van der Waals surface area contributed by atoms with Crippen molar-refractivity contribution in [3.8, 4) is 0 Å². The normalized spacial score (nSPS) is 27.3. The lowest BCUT2D eigenvalue weighted by atomic mass is 9.67. The highest BCUT2D eigenvalue weighted by Gasteiger charge is 2.48. The van der Waals surface area contributed by atoms with Gasteiger partial charge in [-0.05, 0) is 44.4 Å². The number of nitrogens with zero attached hydrogens (tertiary/aromatic N) is 1. The molecule has 0 aliphatic heterocycles. The Morgan fingerprint density at radius 3 is 2.31 bits per heavy atom. The molecule has 3 saturated carbocycles. The summed E-state index contributed by atoms with van der Waals surface area (Å²) in [7, 11) is 0. The lowest BCUT2D eigenvalue weighted by Gasteiger charge is -2.43. The predicted octanol–water partition coefficient (Wildman–Crippen LogP) is 1.52. The number of rotatable bonds is 5. The first-order chi connectivity index (χ1) is 7.75. The maximum atomic E-state index is 12.6. The van der Waals surface area contributed by atoms with E-state index in [4.69, 9.17) is 5.73 Å². The van der Waals surface area contributed by atoms with Crippen LogP contribution in [0.15, 0.2) is 0 Å². The van der Waals surface area contributed by atoms with Gasteiger partial charge in [-0.3, -0.25) is 4.79 Å². The minimum Gasteiger partial charge on any atom is -0.339 e. The van der Waals surface area contributed by atoms with Crippen molar-refractivity contribution in [3.63, 3.8) is 0 Å². The van der Waals surface area contributed by atoms with Crippen molar-refractivity contribution >= 4 is 5.91 Å². The van der Waals surface area contributed by atoms with E-state index in [-0.39, 0.29) is 5.41 Å². The fraction of sp³-hybridized carbons (Fsp3) is 0.923. The van der Waals surface area contributed by atoms with Crippen LogP contribution in [0.3, 0.4) is 0 Å². The maximum absolute atomic E-state index is 12.6. The molecule has 3 fully saturated rings. The summed E-state index contributed by atoms with van der Waals surface area (Å²) in [5, 5.41) is 0. The Labute approximate surface area is 97.4 Å². The number of carbonyl (C=O) groups is 1. The van der Waals surface area contributed by atoms with Gasteiger partial charge < -0.3 is 10.6 Å². The molecule has 0 radical (unpaired) electrons. The van der Waals surface area contributed by atoms with E-state index in [0.29, 0.717) is 18.5 Å². The summed E-state index contributed by atoms with van der Waals surface area (Å²) in [6, 6.07) is 0.567. The van der Waals surface area contributed by atoms with E-state index in [1.54, 1.807) is 0 Å². The van der Waals surface area contributed by atoms with Crippen molar-refractivity contribution in [2.75, 3.05) is 13.1 Å². The lowest BCUT2D eigenvalue weighted by molar-refractivity contribution is -0.147. The van der Waals surface area contributed by atoms with Crippen molar-refractivity contribution in [1.82, 2.24) is 4.90 Å². The Morgan fingerprint density at radius 2 is 1.94 bits per heavy atom. The Bertz CT molecular complexity index is 285. The van der Waals surface area contributed by atoms with Crippen LogP contribution < -0.4 is 5.73 Å². The molecule has 1 amide bonds. The number of hydrogen-bond donors (Lipinski definition) is 1. The maximum Gasteiger partial charge on any atom is 0.230 e. The first kappa shape index (κ1) is 10.6. The average Bonchev–Trinajstić information content (AvgIpc) is 3.06. The van der Waals surface area contributed by atoms with E-state index in [0.717, 1.165) is 25.3 Å². The summed E-state index contributed by atoms with van der Waals surface area (Å²) in [6.45, 7) is 1.57. The molecular weight excluding hydrogens is 200 g/mol. The number of hydrogen-bond acceptors (Lipinski definition) is 2. The largest absolute Gasteiger partial charge is 0.339 e. The van der Waals surface area contributed by atoms with Crippen LogP contribution >= 0.6 is 0 Å². The van der Waals surface area contributed by atoms with E-state index in [1.807, 2.05) is 0 Å². The monoisotopic (exact) mass is 222 g/mol. The highest BCUT2D eigenvalue weighted by atomic mass is 16.2. The van der Waals surface area contributed by atoms with Gasteiger partial charge >= 0.3 is 0 Å². The molecule has 3 rings (SSSR count). The fourth-order valence-electron chi connectivity index (χ4n) is 2.78. The van der Waals surface area contributed by atoms with E-state index in [2.05, 4.69) is 4.90 Å². The molecule has 0 unspecified atom stereocenters. The Balaban J connectivity index is 1.69. The first-order valence-electron chi connectivity index (χ1n) is 6.76. The van der Waals surface area contributed by atoms with Crippen LogP contribution in [0.25, 0.3) is 0 Å². The molecule has 0 aromatic heterocycles. The molecule has 0 atom stereocenters. The van der Waals surface area contributed by atoms with Crippen molar-refractivity contribution in [2.24, 2.45) is 17.1 Å². The van der Waals surface area contributed by atoms with Crippen LogP contribution in [0.2, 0.25) is 0 Å². The number of carbonyl (C=O) groups excluding carboxylic acids is 1. The fourth-order valence-corrected chi connectivity index (χ4v) is 2.78. The van der Waals surface area contributed by atoms with Crippen LogP contribution in [-0.4, -0.2) is 29.9 Å². The van der Waals surface area contributed by atoms with Gasteiger partial charge in [0.25, 0.3) is 0 Å². The molecule has 0 bridgehead atoms. The summed E-state index contributed by atoms with van der Waals surface area (Å²) in [5.41, 5.74) is 5.67. The first-order valence-corrected chi connectivity index (χ1v) is 6.76. The van der Waals surface area contributed by atoms with Gasteiger partial charge in [0.15, 0.2) is 0 Å². The topological polar surface area (TPSA) is 46.3 Å². The van der Waals surface area contributed by atoms with Crippen LogP contribution in [0.5, 0.6) is 0 Å². The second-order valence-electron chi connectivity index (χ2n) is 5.97. The molecule has 16 heavy (non-hydrogen) atoms. The van der Waals surface area contributed by atoms with E-state index in [1.165, 1.54) is 32.1 Å². The van der Waals surface area contributed by atoms with Gasteiger partial charge in [0.1, 0.15) is 0 Å². The highest BCUT2D eigenvalue weighted by Crippen LogP contribution is 2.44. The van der Waals surface area contributed by atoms with Crippen molar-refractivity contribution in [1.29, 1.82) is 0 Å². The second kappa shape index (κ2) is 3.73. The molecule has 3 nitrogen and oxygen atoms in total. The van der Waals surface area contributed by atoms with Crippen LogP contribution in [0, 0.1) is 11.3 Å². The Kier molecular flexibility index (Phi) is 2.46. The Hall–Kier alpha value is -0.570. The molecule has 3 heteroatoms. The molecule has 0 aromatic rings. The van der Waals surface area contributed by atoms with Crippen LogP contribution in [0.4, 0.5) is 0 Å². The van der Waals surface area contributed by atoms with Gasteiger partial charge in [-0.2, -0.15) is 0 Å². The van der Waals surface area contributed by atoms with E-state index in [9.17, 15) is 4.79 Å². The third kappa shape index (κ3) is 1.75. The third-order valence-electron chi connectivity index (χ3n) is 4.56. The van der Waals surface area contributed by atoms with Crippen LogP contribution in [-0.2, 0) is 4.79 Å². The van der Waals surface area contributed by atoms with Gasteiger partial charge in [-0.25, -0.2) is 0 Å². The van der Waals surface area contributed by atoms with Gasteiger partial charge in [-0.1, -0.05) is 6.42 Å². The van der Waals surface area contributed by atoms with E-state index >= 15 is 0 Å². The predicted molar refractivity (Wildman–Crippen MR) is 62.8 cm³/mol. The zero-order valence-electron chi connectivity index (χ0n) is 9.95. The molecule has 3 aliphatic rings. The number of amides is 1. The van der Waals surface area contributed by atoms with Crippen LogP contribution in [0.1, 0.15) is 44.9 Å². The number of nitrogens with two attached hydrogens (primary N) is 1. The third-order valence-corrected chi connectivity index (χ3v) is 4.56. The van der Waals surface area contributed by atoms with Gasteiger partial charge in [0, 0.05) is 19.1 Å². The smallest absolute Gasteiger partial charge is 0.230 e. The Morgan fingerprint density at radius 1 is 1.25 bits per heavy atom. The zero-order chi connectivity index (χ0) is 11.2. The quantitative estimate of drug-likeness (QED) is 0.766. The average molecular weight is 222 g/mol. The SMILES string of the molecule is NCC1(C(=O)N(CC2CC2)C2CC2)CCC1. The van der Waals surface area contributed by atoms with E-state index < -0.39 is 0 Å². The summed E-state index contributed by atoms with van der Waals surface area (Å²) < 4.78 is 0. The van der Waals surface area contributed by atoms with Gasteiger partial charge in [0.2, 0.25) is 5.91 Å². The van der Waals surface area contributed by atoms with Crippen molar-refractivity contribution in [3.05, 3.63) is 0 Å². The highest BCUT2D eigenvalue weighted by molar-refractivity contribution is 5.84. The molecule has 0 aromatic carbocycles. The molecule has 0 saturated heterocycles.